The highest BCUT2D eigenvalue weighted by Gasteiger charge is 2.25. The molecule has 0 fully saturated rings. The Kier molecular flexibility index (Phi) is 4.53. The highest BCUT2D eigenvalue weighted by molar-refractivity contribution is 5.94. The molecule has 0 saturated carbocycles. The van der Waals surface area contributed by atoms with E-state index in [2.05, 4.69) is 9.55 Å². The van der Waals surface area contributed by atoms with Gasteiger partial charge in [-0.15, -0.1) is 0 Å². The summed E-state index contributed by atoms with van der Waals surface area (Å²) in [5.41, 5.74) is 1.80. The third kappa shape index (κ3) is 3.20. The Balaban J connectivity index is 1.82. The molecule has 0 N–H and O–H groups in total. The molecular weight excluding hydrogens is 278 g/mol. The van der Waals surface area contributed by atoms with Crippen LogP contribution in [0.15, 0.2) is 42.9 Å². The second kappa shape index (κ2) is 6.75. The van der Waals surface area contributed by atoms with E-state index in [1.54, 1.807) is 0 Å². The van der Waals surface area contributed by atoms with Crippen LogP contribution in [0, 0.1) is 5.92 Å². The summed E-state index contributed by atoms with van der Waals surface area (Å²) in [5.74, 6) is 0.347. The van der Waals surface area contributed by atoms with Crippen LogP contribution in [0.5, 0.6) is 0 Å². The Hall–Kier alpha value is -2.14. The largest absolute Gasteiger partial charge is 0.381 e. The maximum absolute atomic E-state index is 12.8. The van der Waals surface area contributed by atoms with Crippen molar-refractivity contribution in [1.29, 1.82) is 0 Å². The van der Waals surface area contributed by atoms with Crippen molar-refractivity contribution in [3.05, 3.63) is 54.1 Å². The zero-order valence-corrected chi connectivity index (χ0v) is 12.8. The van der Waals surface area contributed by atoms with Crippen molar-refractivity contribution >= 4 is 5.91 Å². The number of imidazole rings is 1. The number of hydrogen-bond donors (Lipinski definition) is 0. The highest BCUT2D eigenvalue weighted by atomic mass is 16.5. The van der Waals surface area contributed by atoms with Crippen molar-refractivity contribution in [2.75, 3.05) is 19.8 Å². The normalized spacial score (nSPS) is 17.9. The molecule has 0 spiro atoms. The lowest BCUT2D eigenvalue weighted by Crippen LogP contribution is -2.35. The molecule has 1 amide bonds. The first-order chi connectivity index (χ1) is 10.8. The van der Waals surface area contributed by atoms with Crippen LogP contribution in [0.3, 0.4) is 0 Å². The molecule has 1 aromatic carbocycles. The highest BCUT2D eigenvalue weighted by Crippen LogP contribution is 2.18. The standard InChI is InChI=1S/C17H21N3O2/c1-2-22-12-14-9-19(11-16-8-18-13-20(16)10-14)17(21)15-6-4-3-5-7-15/h3-8,13-14H,2,9-12H2,1H3/t14-/m1/s1. The van der Waals surface area contributed by atoms with Gasteiger partial charge in [0, 0.05) is 37.4 Å². The van der Waals surface area contributed by atoms with Crippen molar-refractivity contribution in [3.63, 3.8) is 0 Å². The van der Waals surface area contributed by atoms with E-state index in [1.807, 2.05) is 54.7 Å². The molecule has 2 heterocycles. The van der Waals surface area contributed by atoms with Crippen molar-refractivity contribution in [2.24, 2.45) is 5.92 Å². The Morgan fingerprint density at radius 2 is 2.14 bits per heavy atom. The molecule has 0 saturated heterocycles. The van der Waals surface area contributed by atoms with E-state index >= 15 is 0 Å². The van der Waals surface area contributed by atoms with Gasteiger partial charge >= 0.3 is 0 Å². The lowest BCUT2D eigenvalue weighted by molar-refractivity contribution is 0.0619. The summed E-state index contributed by atoms with van der Waals surface area (Å²) in [7, 11) is 0. The van der Waals surface area contributed by atoms with Crippen LogP contribution in [0.1, 0.15) is 23.0 Å². The third-order valence-corrected chi connectivity index (χ3v) is 3.95. The van der Waals surface area contributed by atoms with Crippen molar-refractivity contribution in [1.82, 2.24) is 14.5 Å². The predicted molar refractivity (Wildman–Crippen MR) is 83.4 cm³/mol. The molecule has 5 nitrogen and oxygen atoms in total. The number of benzene rings is 1. The third-order valence-electron chi connectivity index (χ3n) is 3.95. The van der Waals surface area contributed by atoms with Gasteiger partial charge in [0.15, 0.2) is 0 Å². The minimum absolute atomic E-state index is 0.0664. The van der Waals surface area contributed by atoms with E-state index < -0.39 is 0 Å². The Morgan fingerprint density at radius 1 is 1.32 bits per heavy atom. The molecule has 0 radical (unpaired) electrons. The molecule has 3 rings (SSSR count). The number of hydrogen-bond acceptors (Lipinski definition) is 3. The van der Waals surface area contributed by atoms with Gasteiger partial charge in [0.1, 0.15) is 0 Å². The molecule has 116 valence electrons. The summed E-state index contributed by atoms with van der Waals surface area (Å²) in [6, 6.07) is 9.44. The maximum Gasteiger partial charge on any atom is 0.254 e. The molecule has 1 aromatic heterocycles. The molecular formula is C17H21N3O2. The number of fused-ring (bicyclic) bond motifs is 1. The lowest BCUT2D eigenvalue weighted by atomic mass is 10.1. The predicted octanol–water partition coefficient (Wildman–Crippen LogP) is 2.19. The van der Waals surface area contributed by atoms with Gasteiger partial charge in [0.2, 0.25) is 0 Å². The Bertz CT molecular complexity index is 624. The first-order valence-electron chi connectivity index (χ1n) is 7.69. The van der Waals surface area contributed by atoms with E-state index in [4.69, 9.17) is 4.74 Å². The lowest BCUT2D eigenvalue weighted by Gasteiger charge is -2.24. The summed E-state index contributed by atoms with van der Waals surface area (Å²) >= 11 is 0. The number of carbonyl (C=O) groups excluding carboxylic acids is 1. The van der Waals surface area contributed by atoms with Gasteiger partial charge in [0.25, 0.3) is 5.91 Å². The van der Waals surface area contributed by atoms with Crippen molar-refractivity contribution in [3.8, 4) is 0 Å². The zero-order valence-electron chi connectivity index (χ0n) is 12.8. The van der Waals surface area contributed by atoms with Crippen LogP contribution in [-0.2, 0) is 17.8 Å². The topological polar surface area (TPSA) is 47.4 Å². The molecule has 1 aliphatic rings. The average Bonchev–Trinajstić information content (AvgIpc) is 2.91. The average molecular weight is 299 g/mol. The van der Waals surface area contributed by atoms with E-state index in [-0.39, 0.29) is 11.8 Å². The second-order valence-corrected chi connectivity index (χ2v) is 5.61. The van der Waals surface area contributed by atoms with Gasteiger partial charge in [-0.25, -0.2) is 4.98 Å². The minimum atomic E-state index is 0.0664. The van der Waals surface area contributed by atoms with Gasteiger partial charge in [-0.2, -0.15) is 0 Å². The molecule has 22 heavy (non-hydrogen) atoms. The van der Waals surface area contributed by atoms with Crippen LogP contribution in [0.25, 0.3) is 0 Å². The smallest absolute Gasteiger partial charge is 0.254 e. The molecule has 0 aliphatic carbocycles. The van der Waals surface area contributed by atoms with Crippen LogP contribution in [-0.4, -0.2) is 40.1 Å². The van der Waals surface area contributed by atoms with E-state index in [1.165, 1.54) is 0 Å². The van der Waals surface area contributed by atoms with Crippen molar-refractivity contribution in [2.45, 2.75) is 20.0 Å². The van der Waals surface area contributed by atoms with Gasteiger partial charge in [0.05, 0.1) is 25.2 Å². The molecule has 1 atom stereocenters. The van der Waals surface area contributed by atoms with Gasteiger partial charge in [-0.3, -0.25) is 4.79 Å². The fourth-order valence-corrected chi connectivity index (χ4v) is 2.86. The number of nitrogens with zero attached hydrogens (tertiary/aromatic N) is 3. The number of carbonyl (C=O) groups is 1. The maximum atomic E-state index is 12.8. The number of aromatic nitrogens is 2. The van der Waals surface area contributed by atoms with Crippen LogP contribution in [0.4, 0.5) is 0 Å². The zero-order chi connectivity index (χ0) is 15.4. The molecule has 1 aliphatic heterocycles. The summed E-state index contributed by atoms with van der Waals surface area (Å²) in [4.78, 5) is 18.9. The second-order valence-electron chi connectivity index (χ2n) is 5.61. The number of rotatable bonds is 4. The molecule has 2 aromatic rings. The van der Waals surface area contributed by atoms with Gasteiger partial charge < -0.3 is 14.2 Å². The number of amides is 1. The van der Waals surface area contributed by atoms with E-state index in [0.29, 0.717) is 26.3 Å². The first kappa shape index (κ1) is 14.8. The van der Waals surface area contributed by atoms with Crippen LogP contribution >= 0.6 is 0 Å². The summed E-state index contributed by atoms with van der Waals surface area (Å²) < 4.78 is 7.71. The fourth-order valence-electron chi connectivity index (χ4n) is 2.86. The first-order valence-corrected chi connectivity index (χ1v) is 7.69. The summed E-state index contributed by atoms with van der Waals surface area (Å²) in [6.45, 7) is 5.48. The SMILES string of the molecule is CCOC[C@@H]1CN(C(=O)c2ccccc2)Cc2cncn2C1. The van der Waals surface area contributed by atoms with Crippen LogP contribution < -0.4 is 0 Å². The monoisotopic (exact) mass is 299 g/mol. The molecule has 0 bridgehead atoms. The molecule has 5 heteroatoms. The van der Waals surface area contributed by atoms with E-state index in [0.717, 1.165) is 17.8 Å². The van der Waals surface area contributed by atoms with E-state index in [9.17, 15) is 4.79 Å². The quantitative estimate of drug-likeness (QED) is 0.869. The Labute approximate surface area is 130 Å². The summed E-state index contributed by atoms with van der Waals surface area (Å²) in [6.07, 6.45) is 3.68. The Morgan fingerprint density at radius 3 is 2.91 bits per heavy atom. The fraction of sp³-hybridized carbons (Fsp3) is 0.412. The van der Waals surface area contributed by atoms with Gasteiger partial charge in [-0.1, -0.05) is 18.2 Å². The number of ether oxygens (including phenoxy) is 1. The van der Waals surface area contributed by atoms with Crippen LogP contribution in [0.2, 0.25) is 0 Å². The van der Waals surface area contributed by atoms with Gasteiger partial charge in [-0.05, 0) is 19.1 Å². The molecule has 0 unspecified atom stereocenters. The summed E-state index contributed by atoms with van der Waals surface area (Å²) in [5, 5.41) is 0. The minimum Gasteiger partial charge on any atom is -0.381 e. The van der Waals surface area contributed by atoms with Crippen molar-refractivity contribution < 1.29 is 9.53 Å².